The molecule has 2 saturated carbocycles. The van der Waals surface area contributed by atoms with Gasteiger partial charge in [0.15, 0.2) is 0 Å². The average Bonchev–Trinajstić information content (AvgIpc) is 3.08. The highest BCUT2D eigenvalue weighted by Gasteiger charge is 2.48. The van der Waals surface area contributed by atoms with E-state index in [4.69, 9.17) is 0 Å². The maximum Gasteiger partial charge on any atom is 0.0556 e. The van der Waals surface area contributed by atoms with Crippen molar-refractivity contribution in [2.45, 2.75) is 57.4 Å². The first-order valence-corrected chi connectivity index (χ1v) is 10.7. The lowest BCUT2D eigenvalue weighted by molar-refractivity contribution is 0.116. The molecule has 3 aliphatic rings. The van der Waals surface area contributed by atoms with E-state index in [-0.39, 0.29) is 0 Å². The largest absolute Gasteiger partial charge is 0.378 e. The molecule has 0 spiro atoms. The molecule has 2 fully saturated rings. The molecule has 1 aliphatic heterocycles. The smallest absolute Gasteiger partial charge is 0.0556 e. The van der Waals surface area contributed by atoms with Gasteiger partial charge in [-0.2, -0.15) is 11.3 Å². The number of rotatable bonds is 2. The lowest BCUT2D eigenvalue weighted by Crippen LogP contribution is -2.39. The van der Waals surface area contributed by atoms with Gasteiger partial charge in [0, 0.05) is 5.69 Å². The molecule has 0 saturated heterocycles. The van der Waals surface area contributed by atoms with Gasteiger partial charge in [-0.3, -0.25) is 0 Å². The number of hydrogen-bond donors (Lipinski definition) is 1. The van der Waals surface area contributed by atoms with E-state index in [2.05, 4.69) is 47.3 Å². The summed E-state index contributed by atoms with van der Waals surface area (Å²) in [5, 5.41) is 8.55. The zero-order chi connectivity index (χ0) is 16.1. The summed E-state index contributed by atoms with van der Waals surface area (Å²) < 4.78 is 0. The van der Waals surface area contributed by atoms with E-state index in [0.717, 1.165) is 30.1 Å². The quantitative estimate of drug-likeness (QED) is 0.669. The van der Waals surface area contributed by atoms with Crippen LogP contribution in [0, 0.1) is 17.8 Å². The molecule has 2 heterocycles. The topological polar surface area (TPSA) is 12.0 Å². The minimum absolute atomic E-state index is 0.514. The Balaban J connectivity index is 1.63. The van der Waals surface area contributed by atoms with Crippen molar-refractivity contribution < 1.29 is 0 Å². The van der Waals surface area contributed by atoms with Gasteiger partial charge in [-0.25, -0.2) is 0 Å². The van der Waals surface area contributed by atoms with Gasteiger partial charge in [-0.15, -0.1) is 0 Å². The average molecular weight is 338 g/mol. The second-order valence-electron chi connectivity index (χ2n) is 8.08. The number of anilines is 1. The van der Waals surface area contributed by atoms with Crippen LogP contribution >= 0.6 is 11.3 Å². The van der Waals surface area contributed by atoms with Gasteiger partial charge in [-0.05, 0) is 88.9 Å². The van der Waals surface area contributed by atoms with Crippen LogP contribution in [0.5, 0.6) is 0 Å². The predicted molar refractivity (Wildman–Crippen MR) is 103 cm³/mol. The van der Waals surface area contributed by atoms with Crippen LogP contribution in [0.2, 0.25) is 0 Å². The molecule has 1 N–H and O–H groups in total. The standard InChI is InChI=1S/C22H27NS/c1-2-14-6-9-20-19(12-14)21-17-8-7-15(17)4-3-5-18(21)22(23-20)16-10-11-24-13-16/h6,9-13,15,17-18,21-23H,2-5,7-8H2,1H3/t15?,17?,18-,21+,22+/m1/s1. The van der Waals surface area contributed by atoms with E-state index >= 15 is 0 Å². The van der Waals surface area contributed by atoms with E-state index in [1.54, 1.807) is 5.56 Å². The maximum atomic E-state index is 3.94. The van der Waals surface area contributed by atoms with Crippen LogP contribution in [-0.4, -0.2) is 0 Å². The molecule has 2 aliphatic carbocycles. The van der Waals surface area contributed by atoms with Gasteiger partial charge in [0.25, 0.3) is 0 Å². The van der Waals surface area contributed by atoms with Crippen molar-refractivity contribution in [3.8, 4) is 0 Å². The molecule has 1 nitrogen and oxygen atoms in total. The summed E-state index contributed by atoms with van der Waals surface area (Å²) in [4.78, 5) is 0. The van der Waals surface area contributed by atoms with Crippen LogP contribution in [-0.2, 0) is 6.42 Å². The van der Waals surface area contributed by atoms with Gasteiger partial charge in [-0.1, -0.05) is 31.9 Å². The van der Waals surface area contributed by atoms with Crippen molar-refractivity contribution in [3.05, 3.63) is 51.7 Å². The number of benzene rings is 1. The Bertz CT molecular complexity index is 720. The van der Waals surface area contributed by atoms with Gasteiger partial charge < -0.3 is 5.32 Å². The third-order valence-corrected chi connectivity index (χ3v) is 7.74. The Morgan fingerprint density at radius 1 is 1.08 bits per heavy atom. The van der Waals surface area contributed by atoms with Gasteiger partial charge in [0.1, 0.15) is 0 Å². The van der Waals surface area contributed by atoms with E-state index in [1.807, 2.05) is 11.3 Å². The summed E-state index contributed by atoms with van der Waals surface area (Å²) >= 11 is 1.84. The molecule has 1 aromatic carbocycles. The van der Waals surface area contributed by atoms with Crippen LogP contribution in [0.15, 0.2) is 35.0 Å². The third kappa shape index (κ3) is 2.26. The molecular formula is C22H27NS. The molecule has 1 aromatic heterocycles. The highest BCUT2D eigenvalue weighted by molar-refractivity contribution is 7.08. The number of fused-ring (bicyclic) bond motifs is 5. The number of nitrogens with one attached hydrogen (secondary N) is 1. The molecule has 24 heavy (non-hydrogen) atoms. The Morgan fingerprint density at radius 2 is 2.04 bits per heavy atom. The van der Waals surface area contributed by atoms with Crippen LogP contribution < -0.4 is 5.32 Å². The fourth-order valence-corrected chi connectivity index (χ4v) is 6.37. The summed E-state index contributed by atoms with van der Waals surface area (Å²) in [6.07, 6.45) is 8.36. The van der Waals surface area contributed by atoms with E-state index < -0.39 is 0 Å². The summed E-state index contributed by atoms with van der Waals surface area (Å²) in [6.45, 7) is 2.28. The maximum absolute atomic E-state index is 3.94. The van der Waals surface area contributed by atoms with Crippen molar-refractivity contribution >= 4 is 17.0 Å². The van der Waals surface area contributed by atoms with Crippen LogP contribution in [0.3, 0.4) is 0 Å². The molecule has 2 aromatic rings. The second kappa shape index (κ2) is 5.91. The Morgan fingerprint density at radius 3 is 2.79 bits per heavy atom. The molecule has 2 heteroatoms. The van der Waals surface area contributed by atoms with E-state index in [1.165, 1.54) is 48.9 Å². The summed E-state index contributed by atoms with van der Waals surface area (Å²) in [5.41, 5.74) is 6.07. The van der Waals surface area contributed by atoms with Crippen LogP contribution in [0.25, 0.3) is 0 Å². The highest BCUT2D eigenvalue weighted by Crippen LogP contribution is 2.59. The third-order valence-electron chi connectivity index (χ3n) is 7.04. The number of thiophene rings is 1. The molecular weight excluding hydrogens is 310 g/mol. The van der Waals surface area contributed by atoms with Crippen molar-refractivity contribution in [1.82, 2.24) is 0 Å². The summed E-state index contributed by atoms with van der Waals surface area (Å²) in [6, 6.07) is 10.1. The molecule has 0 amide bonds. The molecule has 2 unspecified atom stereocenters. The second-order valence-corrected chi connectivity index (χ2v) is 8.86. The molecule has 5 atom stereocenters. The lowest BCUT2D eigenvalue weighted by Gasteiger charge is -2.48. The summed E-state index contributed by atoms with van der Waals surface area (Å²) in [7, 11) is 0. The first-order valence-electron chi connectivity index (χ1n) is 9.76. The van der Waals surface area contributed by atoms with Gasteiger partial charge >= 0.3 is 0 Å². The Labute approximate surface area is 149 Å². The van der Waals surface area contributed by atoms with Crippen molar-refractivity contribution in [2.24, 2.45) is 17.8 Å². The Hall–Kier alpha value is -1.28. The SMILES string of the molecule is CCc1ccc2c(c1)[C@H]1C3CCC3CCC[C@H]1[C@H](c1ccsc1)N2. The lowest BCUT2D eigenvalue weighted by atomic mass is 9.60. The van der Waals surface area contributed by atoms with Crippen LogP contribution in [0.1, 0.15) is 67.7 Å². The van der Waals surface area contributed by atoms with Gasteiger partial charge in [0.05, 0.1) is 6.04 Å². The van der Waals surface area contributed by atoms with Crippen molar-refractivity contribution in [2.75, 3.05) is 5.32 Å². The van der Waals surface area contributed by atoms with Crippen molar-refractivity contribution in [3.63, 3.8) is 0 Å². The minimum Gasteiger partial charge on any atom is -0.378 e. The predicted octanol–water partition coefficient (Wildman–Crippen LogP) is 6.39. The first-order chi connectivity index (χ1) is 11.8. The zero-order valence-corrected chi connectivity index (χ0v) is 15.3. The molecule has 5 rings (SSSR count). The van der Waals surface area contributed by atoms with Crippen LogP contribution in [0.4, 0.5) is 5.69 Å². The fourth-order valence-electron chi connectivity index (χ4n) is 5.67. The fraction of sp³-hybridized carbons (Fsp3) is 0.545. The number of hydrogen-bond acceptors (Lipinski definition) is 2. The number of aryl methyl sites for hydroxylation is 1. The normalized spacial score (nSPS) is 34.1. The highest BCUT2D eigenvalue weighted by atomic mass is 32.1. The van der Waals surface area contributed by atoms with E-state index in [0.29, 0.717) is 6.04 Å². The minimum atomic E-state index is 0.514. The zero-order valence-electron chi connectivity index (χ0n) is 14.5. The molecule has 126 valence electrons. The molecule has 0 bridgehead atoms. The monoisotopic (exact) mass is 337 g/mol. The van der Waals surface area contributed by atoms with Gasteiger partial charge in [0.2, 0.25) is 0 Å². The van der Waals surface area contributed by atoms with Crippen molar-refractivity contribution in [1.29, 1.82) is 0 Å². The molecule has 0 radical (unpaired) electrons. The first kappa shape index (κ1) is 15.0. The van der Waals surface area contributed by atoms with E-state index in [9.17, 15) is 0 Å². The summed E-state index contributed by atoms with van der Waals surface area (Å²) in [5.74, 6) is 3.49. The Kier molecular flexibility index (Phi) is 3.70.